The smallest absolute Gasteiger partial charge is 1.00 e. The maximum absolute atomic E-state index is 12.5. The summed E-state index contributed by atoms with van der Waals surface area (Å²) in [7, 11) is -4.12. The Morgan fingerprint density at radius 1 is 0.761 bits per heavy atom. The minimum Gasteiger partial charge on any atom is -2.00 e. The van der Waals surface area contributed by atoms with E-state index in [-0.39, 0.29) is 108 Å². The fourth-order valence-corrected chi connectivity index (χ4v) is 3.13. The number of likely N-dealkylation sites (N-methyl/N-ethyl adjacent to an activating group) is 1. The SMILES string of the molecule is CN1CCN=Cc2cccc(c2[O-])OCCOCCOCCOc2cccc(c2[O-])C=NCC1.O=S(=O)([O-])C(F)(F)F.[Na+].[O-2].[O-2].[U]. The van der Waals surface area contributed by atoms with E-state index in [1.54, 1.807) is 48.8 Å². The summed E-state index contributed by atoms with van der Waals surface area (Å²) in [5.41, 5.74) is -4.67. The monoisotopic (exact) mass is 911 g/mol. The molecule has 0 saturated heterocycles. The summed E-state index contributed by atoms with van der Waals surface area (Å²) in [5.74, 6) is 0.180. The van der Waals surface area contributed by atoms with Gasteiger partial charge in [-0.2, -0.15) is 13.2 Å². The third kappa shape index (κ3) is 18.8. The Kier molecular flexibility index (Phi) is 27.2. The van der Waals surface area contributed by atoms with Gasteiger partial charge in [-0.05, 0) is 30.3 Å². The summed E-state index contributed by atoms with van der Waals surface area (Å²) in [4.78, 5) is 10.8. The van der Waals surface area contributed by atoms with Crippen LogP contribution < -0.4 is 49.2 Å². The van der Waals surface area contributed by atoms with Gasteiger partial charge in [-0.25, -0.2) is 8.42 Å². The number of alkyl halides is 3. The van der Waals surface area contributed by atoms with Crippen molar-refractivity contribution < 1.29 is 127 Å². The minimum absolute atomic E-state index is 0. The molecule has 46 heavy (non-hydrogen) atoms. The molecule has 0 spiro atoms. The molecule has 20 heteroatoms. The van der Waals surface area contributed by atoms with Crippen molar-refractivity contribution in [2.75, 3.05) is 72.9 Å². The first-order valence-corrected chi connectivity index (χ1v) is 14.0. The first-order valence-electron chi connectivity index (χ1n) is 12.6. The zero-order chi connectivity index (χ0) is 31.0. The van der Waals surface area contributed by atoms with Crippen LogP contribution in [0.25, 0.3) is 0 Å². The van der Waals surface area contributed by atoms with Gasteiger partial charge in [-0.15, -0.1) is 0 Å². The van der Waals surface area contributed by atoms with Gasteiger partial charge in [0.1, 0.15) is 24.7 Å². The van der Waals surface area contributed by atoms with Crippen LogP contribution in [0, 0.1) is 31.1 Å². The summed E-state index contributed by atoms with van der Waals surface area (Å²) in [6, 6.07) is 10.3. The number of fused-ring (bicyclic) bond motifs is 4. The number of ether oxygens (including phenoxy) is 4. The molecular formula is C26H31F3N3NaO11SU-6. The Labute approximate surface area is 311 Å². The van der Waals surface area contributed by atoms with Crippen molar-refractivity contribution in [2.24, 2.45) is 9.98 Å². The van der Waals surface area contributed by atoms with E-state index in [2.05, 4.69) is 14.9 Å². The summed E-state index contributed by atoms with van der Waals surface area (Å²) < 4.78 is 81.0. The number of para-hydroxylation sites is 2. The Balaban J connectivity index is -0.00000137. The van der Waals surface area contributed by atoms with Crippen LogP contribution in [-0.4, -0.2) is 109 Å². The van der Waals surface area contributed by atoms with Crippen LogP contribution in [0.1, 0.15) is 11.1 Å². The Hall–Kier alpha value is -1.47. The van der Waals surface area contributed by atoms with Crippen molar-refractivity contribution in [3.05, 3.63) is 47.5 Å². The number of hydrogen-bond donors (Lipinski definition) is 0. The molecule has 0 amide bonds. The summed E-state index contributed by atoms with van der Waals surface area (Å²) >= 11 is 0. The molecule has 0 aliphatic carbocycles. The van der Waals surface area contributed by atoms with Crippen LogP contribution in [-0.2, 0) is 30.5 Å². The largest absolute Gasteiger partial charge is 2.00 e. The van der Waals surface area contributed by atoms with E-state index < -0.39 is 15.6 Å². The van der Waals surface area contributed by atoms with Crippen LogP contribution >= 0.6 is 0 Å². The second-order valence-corrected chi connectivity index (χ2v) is 9.92. The van der Waals surface area contributed by atoms with E-state index in [9.17, 15) is 23.4 Å². The minimum atomic E-state index is -6.09. The molecule has 0 saturated carbocycles. The molecule has 0 N–H and O–H groups in total. The van der Waals surface area contributed by atoms with Gasteiger partial charge >= 0.3 is 35.1 Å². The van der Waals surface area contributed by atoms with Gasteiger partial charge < -0.3 is 49.6 Å². The second-order valence-electron chi connectivity index (χ2n) is 8.54. The van der Waals surface area contributed by atoms with Gasteiger partial charge in [0.15, 0.2) is 10.1 Å². The third-order valence-electron chi connectivity index (χ3n) is 5.33. The number of halogens is 3. The third-order valence-corrected chi connectivity index (χ3v) is 5.89. The van der Waals surface area contributed by atoms with Gasteiger partial charge in [0, 0.05) is 56.6 Å². The summed E-state index contributed by atoms with van der Waals surface area (Å²) in [5, 5.41) is 25.0. The number of nitrogens with zero attached hydrogens (tertiary/aromatic N) is 3. The quantitative estimate of drug-likeness (QED) is 0.160. The predicted molar refractivity (Wildman–Crippen MR) is 144 cm³/mol. The molecule has 254 valence electrons. The molecule has 0 unspecified atom stereocenters. The first-order chi connectivity index (χ1) is 19.9. The van der Waals surface area contributed by atoms with Gasteiger partial charge in [-0.1, -0.05) is 35.8 Å². The van der Waals surface area contributed by atoms with Gasteiger partial charge in [0.2, 0.25) is 0 Å². The molecule has 1 aliphatic heterocycles. The van der Waals surface area contributed by atoms with E-state index in [0.29, 0.717) is 63.7 Å². The number of rotatable bonds is 0. The Morgan fingerprint density at radius 2 is 1.11 bits per heavy atom. The summed E-state index contributed by atoms with van der Waals surface area (Å²) in [6.07, 6.45) is 3.17. The molecule has 4 bridgehead atoms. The fourth-order valence-electron chi connectivity index (χ4n) is 3.13. The zero-order valence-electron chi connectivity index (χ0n) is 25.1. The van der Waals surface area contributed by atoms with Crippen molar-refractivity contribution >= 4 is 22.5 Å². The van der Waals surface area contributed by atoms with E-state index in [1.165, 1.54) is 0 Å². The van der Waals surface area contributed by atoms with Crippen molar-refractivity contribution in [3.63, 3.8) is 0 Å². The molecule has 1 aliphatic rings. The van der Waals surface area contributed by atoms with Crippen LogP contribution in [0.5, 0.6) is 23.0 Å². The van der Waals surface area contributed by atoms with E-state index in [4.69, 9.17) is 31.9 Å². The molecule has 3 rings (SSSR count). The van der Waals surface area contributed by atoms with Gasteiger partial charge in [0.25, 0.3) is 0 Å². The van der Waals surface area contributed by atoms with Gasteiger partial charge in [-0.3, -0.25) is 9.98 Å². The first kappa shape index (κ1) is 48.9. The molecule has 0 radical (unpaired) electrons. The van der Waals surface area contributed by atoms with E-state index >= 15 is 0 Å². The Morgan fingerprint density at radius 3 is 1.46 bits per heavy atom. The van der Waals surface area contributed by atoms with E-state index in [1.807, 2.05) is 7.05 Å². The average molecular weight is 912 g/mol. The molecule has 2 aromatic carbocycles. The summed E-state index contributed by atoms with van der Waals surface area (Å²) in [6.45, 7) is 4.47. The van der Waals surface area contributed by atoms with Crippen molar-refractivity contribution in [3.8, 4) is 23.0 Å². The van der Waals surface area contributed by atoms with E-state index in [0.717, 1.165) is 0 Å². The number of benzene rings is 2. The standard InChI is InChI=1S/C25H33N3O6.CHF3O3S.Na.2O.U/c1-28-10-8-26-18-20-4-2-6-22(24(20)29)33-16-14-31-12-13-32-15-17-34-23-7-3-5-21(25(23)30)19-27-9-11-28;2-1(3,4)8(5,6)7;;;;/h2-7,18-19,29-30H,8-17H2,1H3;(H,5,6,7);;;;/q;;+1;2*-2;/p-3. The topological polar surface area (TPSA) is 225 Å². The van der Waals surface area contributed by atoms with Crippen molar-refractivity contribution in [1.29, 1.82) is 0 Å². The predicted octanol–water partition coefficient (Wildman–Crippen LogP) is -2.07. The molecule has 0 fully saturated rings. The van der Waals surface area contributed by atoms with Crippen molar-refractivity contribution in [2.45, 2.75) is 5.51 Å². The average Bonchev–Trinajstić information content (AvgIpc) is 2.92. The maximum atomic E-state index is 12.5. The van der Waals surface area contributed by atoms with Gasteiger partial charge in [0.05, 0.1) is 39.5 Å². The molecular weight excluding hydrogens is 880 g/mol. The van der Waals surface area contributed by atoms with Crippen LogP contribution in [0.15, 0.2) is 46.4 Å². The maximum Gasteiger partial charge on any atom is 1.00 e. The molecule has 2 aromatic rings. The van der Waals surface area contributed by atoms with Crippen LogP contribution in [0.4, 0.5) is 13.2 Å². The van der Waals surface area contributed by atoms with Crippen LogP contribution in [0.3, 0.4) is 0 Å². The molecule has 14 nitrogen and oxygen atoms in total. The zero-order valence-corrected chi connectivity index (χ0v) is 32.0. The second kappa shape index (κ2) is 25.5. The fraction of sp³-hybridized carbons (Fsp3) is 0.462. The van der Waals surface area contributed by atoms with Crippen molar-refractivity contribution in [1.82, 2.24) is 4.90 Å². The molecule has 0 atom stereocenters. The molecule has 0 aromatic heterocycles. The number of aliphatic imine (C=N–C) groups is 2. The van der Waals surface area contributed by atoms with Crippen LogP contribution in [0.2, 0.25) is 0 Å². The number of hydrogen-bond acceptors (Lipinski definition) is 12. The normalized spacial score (nSPS) is 15.5. The molecule has 1 heterocycles. The Bertz CT molecular complexity index is 1220.